The molecule has 118 valence electrons. The molecule has 1 aromatic carbocycles. The third-order valence-electron chi connectivity index (χ3n) is 4.67. The Morgan fingerprint density at radius 3 is 2.38 bits per heavy atom. The fourth-order valence-electron chi connectivity index (χ4n) is 2.94. The van der Waals surface area contributed by atoms with Crippen LogP contribution in [0.25, 0.3) is 0 Å². The lowest BCUT2D eigenvalue weighted by molar-refractivity contribution is 0.270. The van der Waals surface area contributed by atoms with Crippen LogP contribution in [0.4, 0.5) is 5.69 Å². The average Bonchev–Trinajstić information content (AvgIpc) is 2.48. The second kappa shape index (κ2) is 6.79. The molecular weight excluding hydrogens is 284 g/mol. The number of hydrogen-bond donors (Lipinski definition) is 2. The summed E-state index contributed by atoms with van der Waals surface area (Å²) < 4.78 is 27.3. The van der Waals surface area contributed by atoms with Crippen molar-refractivity contribution in [2.45, 2.75) is 50.8 Å². The van der Waals surface area contributed by atoms with E-state index in [0.717, 1.165) is 24.3 Å². The molecule has 1 aromatic rings. The molecule has 0 radical (unpaired) electrons. The first-order valence-electron chi connectivity index (χ1n) is 7.78. The zero-order valence-corrected chi connectivity index (χ0v) is 13.7. The smallest absolute Gasteiger partial charge is 0.240 e. The molecular formula is C16H26N2O2S. The number of hydrogen-bond acceptors (Lipinski definition) is 3. The first kappa shape index (κ1) is 16.3. The number of nitrogens with two attached hydrogens (primary N) is 1. The molecule has 0 atom stereocenters. The monoisotopic (exact) mass is 310 g/mol. The summed E-state index contributed by atoms with van der Waals surface area (Å²) in [6.45, 7) is 4.63. The van der Waals surface area contributed by atoms with E-state index in [2.05, 4.69) is 11.6 Å². The van der Waals surface area contributed by atoms with Crippen molar-refractivity contribution in [2.75, 3.05) is 12.3 Å². The Balaban J connectivity index is 1.94. The summed E-state index contributed by atoms with van der Waals surface area (Å²) in [6.07, 6.45) is 5.93. The molecule has 0 spiro atoms. The molecule has 21 heavy (non-hydrogen) atoms. The van der Waals surface area contributed by atoms with Crippen molar-refractivity contribution in [3.8, 4) is 0 Å². The second-order valence-electron chi connectivity index (χ2n) is 6.17. The first-order valence-corrected chi connectivity index (χ1v) is 9.26. The van der Waals surface area contributed by atoms with Gasteiger partial charge in [-0.15, -0.1) is 0 Å². The molecule has 2 rings (SSSR count). The highest BCUT2D eigenvalue weighted by Gasteiger charge is 2.22. The van der Waals surface area contributed by atoms with Gasteiger partial charge in [0.15, 0.2) is 0 Å². The molecule has 4 nitrogen and oxygen atoms in total. The number of nitrogen functional groups attached to an aromatic ring is 1. The molecule has 0 aliphatic heterocycles. The van der Waals surface area contributed by atoms with E-state index in [9.17, 15) is 8.42 Å². The van der Waals surface area contributed by atoms with E-state index in [1.54, 1.807) is 12.1 Å². The molecule has 1 saturated carbocycles. The summed E-state index contributed by atoms with van der Waals surface area (Å²) in [7, 11) is -3.45. The van der Waals surface area contributed by atoms with Crippen LogP contribution in [-0.4, -0.2) is 15.0 Å². The van der Waals surface area contributed by atoms with E-state index in [1.165, 1.54) is 25.3 Å². The van der Waals surface area contributed by atoms with Crippen molar-refractivity contribution in [3.05, 3.63) is 23.8 Å². The summed E-state index contributed by atoms with van der Waals surface area (Å²) in [5.74, 6) is 1.29. The van der Waals surface area contributed by atoms with Gasteiger partial charge in [0, 0.05) is 12.2 Å². The van der Waals surface area contributed by atoms with Crippen LogP contribution in [-0.2, 0) is 10.0 Å². The topological polar surface area (TPSA) is 72.2 Å². The van der Waals surface area contributed by atoms with Crippen LogP contribution in [0, 0.1) is 18.8 Å². The average molecular weight is 310 g/mol. The summed E-state index contributed by atoms with van der Waals surface area (Å²) in [5.41, 5.74) is 7.20. The van der Waals surface area contributed by atoms with Gasteiger partial charge in [0.1, 0.15) is 0 Å². The van der Waals surface area contributed by atoms with E-state index in [4.69, 9.17) is 5.73 Å². The number of nitrogens with one attached hydrogen (secondary N) is 1. The van der Waals surface area contributed by atoms with E-state index in [1.807, 2.05) is 6.92 Å². The normalized spacial score (nSPS) is 23.1. The molecule has 0 bridgehead atoms. The molecule has 1 fully saturated rings. The van der Waals surface area contributed by atoms with Gasteiger partial charge in [-0.1, -0.05) is 32.3 Å². The molecule has 3 N–H and O–H groups in total. The Kier molecular flexibility index (Phi) is 5.27. The molecule has 0 heterocycles. The predicted molar refractivity (Wildman–Crippen MR) is 86.5 cm³/mol. The first-order chi connectivity index (χ1) is 9.92. The second-order valence-corrected chi connectivity index (χ2v) is 7.93. The van der Waals surface area contributed by atoms with E-state index in [-0.39, 0.29) is 4.90 Å². The van der Waals surface area contributed by atoms with Crippen LogP contribution in [0.3, 0.4) is 0 Å². The van der Waals surface area contributed by atoms with Gasteiger partial charge in [-0.25, -0.2) is 13.1 Å². The fourth-order valence-corrected chi connectivity index (χ4v) is 4.09. The number of rotatable bonds is 5. The van der Waals surface area contributed by atoms with Crippen molar-refractivity contribution in [3.63, 3.8) is 0 Å². The largest absolute Gasteiger partial charge is 0.398 e. The Hall–Kier alpha value is -1.07. The van der Waals surface area contributed by atoms with Crippen LogP contribution >= 0.6 is 0 Å². The fraction of sp³-hybridized carbons (Fsp3) is 0.625. The van der Waals surface area contributed by atoms with E-state index < -0.39 is 10.0 Å². The van der Waals surface area contributed by atoms with Crippen molar-refractivity contribution in [1.29, 1.82) is 0 Å². The van der Waals surface area contributed by atoms with Gasteiger partial charge in [-0.3, -0.25) is 0 Å². The Morgan fingerprint density at radius 1 is 1.19 bits per heavy atom. The van der Waals surface area contributed by atoms with Gasteiger partial charge in [0.25, 0.3) is 0 Å². The third-order valence-corrected chi connectivity index (χ3v) is 6.09. The maximum atomic E-state index is 12.3. The summed E-state index contributed by atoms with van der Waals surface area (Å²) >= 11 is 0. The van der Waals surface area contributed by atoms with Crippen molar-refractivity contribution in [2.24, 2.45) is 11.8 Å². The van der Waals surface area contributed by atoms with Gasteiger partial charge in [0.05, 0.1) is 4.90 Å². The molecule has 1 aliphatic rings. The van der Waals surface area contributed by atoms with Crippen molar-refractivity contribution < 1.29 is 8.42 Å². The predicted octanol–water partition coefficient (Wildman–Crippen LogP) is 3.07. The van der Waals surface area contributed by atoms with Gasteiger partial charge in [-0.2, -0.15) is 0 Å². The molecule has 0 aromatic heterocycles. The van der Waals surface area contributed by atoms with Crippen LogP contribution < -0.4 is 10.5 Å². The lowest BCUT2D eigenvalue weighted by Gasteiger charge is -2.27. The van der Waals surface area contributed by atoms with Crippen LogP contribution in [0.15, 0.2) is 23.1 Å². The minimum atomic E-state index is -3.45. The zero-order chi connectivity index (χ0) is 15.5. The summed E-state index contributed by atoms with van der Waals surface area (Å²) in [5, 5.41) is 0. The summed E-state index contributed by atoms with van der Waals surface area (Å²) in [6, 6.07) is 4.89. The highest BCUT2D eigenvalue weighted by molar-refractivity contribution is 7.89. The number of anilines is 1. The lowest BCUT2D eigenvalue weighted by Crippen LogP contribution is -2.31. The van der Waals surface area contributed by atoms with Crippen LogP contribution in [0.2, 0.25) is 0 Å². The van der Waals surface area contributed by atoms with Crippen molar-refractivity contribution >= 4 is 15.7 Å². The molecule has 0 amide bonds. The quantitative estimate of drug-likeness (QED) is 0.821. The standard InChI is InChI=1S/C16H26N2O2S/c1-3-13-5-7-14(8-6-13)11-18-21(19,20)15-9-4-12(2)16(17)10-15/h4,9-10,13-14,18H,3,5-8,11,17H2,1-2H3. The minimum Gasteiger partial charge on any atom is -0.398 e. The Bertz CT molecular complexity index is 576. The maximum absolute atomic E-state index is 12.3. The third kappa shape index (κ3) is 4.20. The number of aryl methyl sites for hydroxylation is 1. The van der Waals surface area contributed by atoms with Gasteiger partial charge >= 0.3 is 0 Å². The van der Waals surface area contributed by atoms with Crippen LogP contribution in [0.1, 0.15) is 44.6 Å². The Labute approximate surface area is 128 Å². The zero-order valence-electron chi connectivity index (χ0n) is 12.9. The highest BCUT2D eigenvalue weighted by Crippen LogP contribution is 2.30. The summed E-state index contributed by atoms with van der Waals surface area (Å²) in [4.78, 5) is 0.257. The lowest BCUT2D eigenvalue weighted by atomic mass is 9.81. The molecule has 0 saturated heterocycles. The molecule has 0 unspecified atom stereocenters. The number of benzene rings is 1. The Morgan fingerprint density at radius 2 is 1.81 bits per heavy atom. The molecule has 1 aliphatic carbocycles. The SMILES string of the molecule is CCC1CCC(CNS(=O)(=O)c2ccc(C)c(N)c2)CC1. The number of sulfonamides is 1. The van der Waals surface area contributed by atoms with Crippen LogP contribution in [0.5, 0.6) is 0 Å². The highest BCUT2D eigenvalue weighted by atomic mass is 32.2. The van der Waals surface area contributed by atoms with Crippen molar-refractivity contribution in [1.82, 2.24) is 4.72 Å². The van der Waals surface area contributed by atoms with E-state index >= 15 is 0 Å². The maximum Gasteiger partial charge on any atom is 0.240 e. The van der Waals surface area contributed by atoms with Gasteiger partial charge in [0.2, 0.25) is 10.0 Å². The minimum absolute atomic E-state index is 0.257. The molecule has 5 heteroatoms. The van der Waals surface area contributed by atoms with Gasteiger partial charge < -0.3 is 5.73 Å². The van der Waals surface area contributed by atoms with E-state index in [0.29, 0.717) is 18.2 Å². The van der Waals surface area contributed by atoms with Gasteiger partial charge in [-0.05, 0) is 49.3 Å².